The van der Waals surface area contributed by atoms with Gasteiger partial charge < -0.3 is 10.6 Å². The summed E-state index contributed by atoms with van der Waals surface area (Å²) in [6.45, 7) is 8.94. The van der Waals surface area contributed by atoms with Crippen LogP contribution in [0.4, 0.5) is 0 Å². The molecule has 0 aliphatic carbocycles. The maximum absolute atomic E-state index is 11.6. The Morgan fingerprint density at radius 3 is 2.46 bits per heavy atom. The van der Waals surface area contributed by atoms with Crippen molar-refractivity contribution in [3.63, 3.8) is 0 Å². The van der Waals surface area contributed by atoms with Crippen LogP contribution in [0, 0.1) is 5.41 Å². The van der Waals surface area contributed by atoms with Crippen molar-refractivity contribution in [1.29, 1.82) is 0 Å². The fourth-order valence-corrected chi connectivity index (χ4v) is 1.44. The van der Waals surface area contributed by atoms with Crippen molar-refractivity contribution in [3.8, 4) is 0 Å². The Balaban J connectivity index is 2.45. The molecule has 1 saturated heterocycles. The minimum absolute atomic E-state index is 0.146. The van der Waals surface area contributed by atoms with E-state index in [1.165, 1.54) is 0 Å². The van der Waals surface area contributed by atoms with Crippen LogP contribution in [0.2, 0.25) is 0 Å². The van der Waals surface area contributed by atoms with E-state index in [2.05, 4.69) is 17.6 Å². The van der Waals surface area contributed by atoms with Crippen molar-refractivity contribution in [1.82, 2.24) is 10.6 Å². The molecular weight excluding hydrogens is 164 g/mol. The minimum Gasteiger partial charge on any atom is -0.351 e. The van der Waals surface area contributed by atoms with Crippen molar-refractivity contribution in [2.75, 3.05) is 6.54 Å². The van der Waals surface area contributed by atoms with Gasteiger partial charge in [0.2, 0.25) is 5.91 Å². The maximum Gasteiger partial charge on any atom is 0.225 e. The predicted molar refractivity (Wildman–Crippen MR) is 53.5 cm³/mol. The number of amides is 1. The second kappa shape index (κ2) is 3.66. The Labute approximate surface area is 80.3 Å². The summed E-state index contributed by atoms with van der Waals surface area (Å²) in [5, 5.41) is 6.38. The van der Waals surface area contributed by atoms with Crippen molar-refractivity contribution < 1.29 is 4.79 Å². The van der Waals surface area contributed by atoms with E-state index in [9.17, 15) is 4.79 Å². The van der Waals surface area contributed by atoms with Gasteiger partial charge in [-0.1, -0.05) is 20.8 Å². The molecule has 2 atom stereocenters. The normalized spacial score (nSPS) is 28.9. The van der Waals surface area contributed by atoms with E-state index in [1.54, 1.807) is 0 Å². The third-order valence-electron chi connectivity index (χ3n) is 2.52. The van der Waals surface area contributed by atoms with Crippen LogP contribution in [0.15, 0.2) is 0 Å². The number of carbonyl (C=O) groups is 1. The molecule has 1 rings (SSSR count). The topological polar surface area (TPSA) is 41.1 Å². The SMILES string of the molecule is CC1NCCC1NC(=O)C(C)(C)C. The molecule has 0 saturated carbocycles. The molecule has 1 fully saturated rings. The highest BCUT2D eigenvalue weighted by Crippen LogP contribution is 2.15. The van der Waals surface area contributed by atoms with E-state index in [0.29, 0.717) is 12.1 Å². The molecule has 2 N–H and O–H groups in total. The van der Waals surface area contributed by atoms with E-state index >= 15 is 0 Å². The average molecular weight is 184 g/mol. The third-order valence-corrected chi connectivity index (χ3v) is 2.52. The van der Waals surface area contributed by atoms with Crippen molar-refractivity contribution in [2.45, 2.75) is 46.2 Å². The molecule has 0 aromatic carbocycles. The molecule has 3 heteroatoms. The Bertz CT molecular complexity index is 196. The number of hydrogen-bond donors (Lipinski definition) is 2. The monoisotopic (exact) mass is 184 g/mol. The van der Waals surface area contributed by atoms with Crippen LogP contribution in [-0.4, -0.2) is 24.5 Å². The Hall–Kier alpha value is -0.570. The Morgan fingerprint density at radius 1 is 1.46 bits per heavy atom. The molecule has 3 nitrogen and oxygen atoms in total. The summed E-state index contributed by atoms with van der Waals surface area (Å²) in [5.74, 6) is 0.146. The summed E-state index contributed by atoms with van der Waals surface area (Å²) in [6.07, 6.45) is 1.04. The number of nitrogens with one attached hydrogen (secondary N) is 2. The van der Waals surface area contributed by atoms with Gasteiger partial charge in [0.25, 0.3) is 0 Å². The van der Waals surface area contributed by atoms with Crippen LogP contribution in [0.1, 0.15) is 34.1 Å². The lowest BCUT2D eigenvalue weighted by Gasteiger charge is -2.23. The van der Waals surface area contributed by atoms with Gasteiger partial charge in [0, 0.05) is 17.5 Å². The maximum atomic E-state index is 11.6. The average Bonchev–Trinajstić information content (AvgIpc) is 2.34. The minimum atomic E-state index is -0.275. The summed E-state index contributed by atoms with van der Waals surface area (Å²) in [7, 11) is 0. The van der Waals surface area contributed by atoms with Crippen molar-refractivity contribution in [3.05, 3.63) is 0 Å². The molecule has 1 heterocycles. The summed E-state index contributed by atoms with van der Waals surface area (Å²) in [4.78, 5) is 11.6. The molecule has 0 aromatic heterocycles. The van der Waals surface area contributed by atoms with E-state index in [4.69, 9.17) is 0 Å². The lowest BCUT2D eigenvalue weighted by molar-refractivity contribution is -0.129. The molecule has 2 unspecified atom stereocenters. The summed E-state index contributed by atoms with van der Waals surface area (Å²) >= 11 is 0. The molecule has 0 spiro atoms. The van der Waals surface area contributed by atoms with Gasteiger partial charge in [0.15, 0.2) is 0 Å². The largest absolute Gasteiger partial charge is 0.351 e. The standard InChI is InChI=1S/C10H20N2O/c1-7-8(5-6-11-7)12-9(13)10(2,3)4/h7-8,11H,5-6H2,1-4H3,(H,12,13). The van der Waals surface area contributed by atoms with Gasteiger partial charge in [0.1, 0.15) is 0 Å². The first-order valence-electron chi connectivity index (χ1n) is 4.95. The van der Waals surface area contributed by atoms with Crippen LogP contribution in [-0.2, 0) is 4.79 Å². The first-order chi connectivity index (χ1) is 5.91. The molecule has 13 heavy (non-hydrogen) atoms. The number of hydrogen-bond acceptors (Lipinski definition) is 2. The molecule has 1 amide bonds. The van der Waals surface area contributed by atoms with Gasteiger partial charge in [-0.25, -0.2) is 0 Å². The molecule has 1 aliphatic heterocycles. The zero-order valence-electron chi connectivity index (χ0n) is 8.98. The summed E-state index contributed by atoms with van der Waals surface area (Å²) < 4.78 is 0. The van der Waals surface area contributed by atoms with Gasteiger partial charge in [-0.05, 0) is 19.9 Å². The van der Waals surface area contributed by atoms with Crippen LogP contribution >= 0.6 is 0 Å². The quantitative estimate of drug-likeness (QED) is 0.635. The molecule has 0 bridgehead atoms. The van der Waals surface area contributed by atoms with Gasteiger partial charge in [-0.3, -0.25) is 4.79 Å². The highest BCUT2D eigenvalue weighted by molar-refractivity contribution is 5.81. The Kier molecular flexibility index (Phi) is 2.96. The van der Waals surface area contributed by atoms with Crippen LogP contribution < -0.4 is 10.6 Å². The van der Waals surface area contributed by atoms with Gasteiger partial charge in [-0.15, -0.1) is 0 Å². The molecular formula is C10H20N2O. The lowest BCUT2D eigenvalue weighted by atomic mass is 9.95. The van der Waals surface area contributed by atoms with Crippen molar-refractivity contribution in [2.24, 2.45) is 5.41 Å². The Morgan fingerprint density at radius 2 is 2.08 bits per heavy atom. The first kappa shape index (κ1) is 10.5. The van der Waals surface area contributed by atoms with E-state index in [0.717, 1.165) is 13.0 Å². The van der Waals surface area contributed by atoms with E-state index in [-0.39, 0.29) is 11.3 Å². The molecule has 1 aliphatic rings. The van der Waals surface area contributed by atoms with Crippen LogP contribution in [0.3, 0.4) is 0 Å². The van der Waals surface area contributed by atoms with Crippen LogP contribution in [0.25, 0.3) is 0 Å². The van der Waals surface area contributed by atoms with E-state index in [1.807, 2.05) is 20.8 Å². The fourth-order valence-electron chi connectivity index (χ4n) is 1.44. The fraction of sp³-hybridized carbons (Fsp3) is 0.900. The van der Waals surface area contributed by atoms with Gasteiger partial charge >= 0.3 is 0 Å². The van der Waals surface area contributed by atoms with Crippen molar-refractivity contribution >= 4 is 5.91 Å². The smallest absolute Gasteiger partial charge is 0.225 e. The first-order valence-corrected chi connectivity index (χ1v) is 4.95. The number of carbonyl (C=O) groups excluding carboxylic acids is 1. The predicted octanol–water partition coefficient (Wildman–Crippen LogP) is 0.899. The third kappa shape index (κ3) is 2.69. The van der Waals surface area contributed by atoms with Gasteiger partial charge in [0.05, 0.1) is 0 Å². The highest BCUT2D eigenvalue weighted by atomic mass is 16.2. The van der Waals surface area contributed by atoms with E-state index < -0.39 is 0 Å². The second-order valence-corrected chi connectivity index (χ2v) is 4.86. The molecule has 76 valence electrons. The van der Waals surface area contributed by atoms with Gasteiger partial charge in [-0.2, -0.15) is 0 Å². The zero-order valence-corrected chi connectivity index (χ0v) is 8.98. The zero-order chi connectivity index (χ0) is 10.1. The molecule has 0 aromatic rings. The summed E-state index contributed by atoms with van der Waals surface area (Å²) in [6, 6.07) is 0.720. The lowest BCUT2D eigenvalue weighted by Crippen LogP contribution is -2.46. The second-order valence-electron chi connectivity index (χ2n) is 4.86. The van der Waals surface area contributed by atoms with Crippen LogP contribution in [0.5, 0.6) is 0 Å². The number of rotatable bonds is 1. The highest BCUT2D eigenvalue weighted by Gasteiger charge is 2.28. The summed E-state index contributed by atoms with van der Waals surface area (Å²) in [5.41, 5.74) is -0.275. The molecule has 0 radical (unpaired) electrons.